The minimum atomic E-state index is -3.24. The van der Waals surface area contributed by atoms with Crippen molar-refractivity contribution < 1.29 is 13.6 Å². The van der Waals surface area contributed by atoms with E-state index in [0.717, 1.165) is 19.5 Å². The van der Waals surface area contributed by atoms with Crippen molar-refractivity contribution in [3.05, 3.63) is 11.8 Å². The Labute approximate surface area is 95.3 Å². The molecule has 0 radical (unpaired) electrons. The quantitative estimate of drug-likeness (QED) is 0.741. The van der Waals surface area contributed by atoms with Crippen LogP contribution in [-0.2, 0) is 4.79 Å². The Morgan fingerprint density at radius 1 is 1.56 bits per heavy atom. The third kappa shape index (κ3) is 3.58. The molecule has 4 heteroatoms. The van der Waals surface area contributed by atoms with Crippen molar-refractivity contribution in [2.45, 2.75) is 39.5 Å². The average molecular weight is 231 g/mol. The predicted molar refractivity (Wildman–Crippen MR) is 59.4 cm³/mol. The lowest BCUT2D eigenvalue weighted by Crippen LogP contribution is -2.32. The van der Waals surface area contributed by atoms with Gasteiger partial charge in [-0.1, -0.05) is 13.8 Å². The number of allylic oxidation sites excluding steroid dienone is 1. The lowest BCUT2D eigenvalue weighted by atomic mass is 9.99. The molecule has 0 aromatic heterocycles. The number of hydrogen-bond donors (Lipinski definition) is 0. The number of alkyl halides is 2. The molecule has 0 aromatic carbocycles. The fourth-order valence-corrected chi connectivity index (χ4v) is 1.89. The van der Waals surface area contributed by atoms with Crippen LogP contribution in [-0.4, -0.2) is 29.7 Å². The summed E-state index contributed by atoms with van der Waals surface area (Å²) in [5, 5.41) is 0. The van der Waals surface area contributed by atoms with Gasteiger partial charge in [-0.2, -0.15) is 8.78 Å². The van der Waals surface area contributed by atoms with Crippen LogP contribution < -0.4 is 0 Å². The van der Waals surface area contributed by atoms with E-state index in [1.54, 1.807) is 6.20 Å². The van der Waals surface area contributed by atoms with Crippen molar-refractivity contribution in [1.29, 1.82) is 0 Å². The standard InChI is InChI=1S/C12H19F2NO/c1-9(2)7-15-6-4-5-10(8-15)11(16)12(3,13)14/h8-9H,4-7H2,1-3H3. The molecule has 0 spiro atoms. The Balaban J connectivity index is 2.73. The Bertz CT molecular complexity index is 292. The number of carbonyl (C=O) groups excluding carboxylic acids is 1. The zero-order chi connectivity index (χ0) is 12.3. The normalized spacial score (nSPS) is 17.6. The number of carbonyl (C=O) groups is 1. The van der Waals surface area contributed by atoms with Crippen molar-refractivity contribution in [3.63, 3.8) is 0 Å². The molecule has 1 rings (SSSR count). The number of ketones is 1. The topological polar surface area (TPSA) is 20.3 Å². The summed E-state index contributed by atoms with van der Waals surface area (Å²) in [6.07, 6.45) is 2.86. The minimum absolute atomic E-state index is 0.263. The first-order chi connectivity index (χ1) is 7.30. The van der Waals surface area contributed by atoms with Crippen LogP contribution in [0.1, 0.15) is 33.6 Å². The summed E-state index contributed by atoms with van der Waals surface area (Å²) in [7, 11) is 0. The van der Waals surface area contributed by atoms with Crippen molar-refractivity contribution in [1.82, 2.24) is 4.90 Å². The second-order valence-corrected chi connectivity index (χ2v) is 4.86. The summed E-state index contributed by atoms with van der Waals surface area (Å²) in [5.41, 5.74) is 0.263. The third-order valence-corrected chi connectivity index (χ3v) is 2.52. The van der Waals surface area contributed by atoms with Crippen LogP contribution in [0.3, 0.4) is 0 Å². The van der Waals surface area contributed by atoms with E-state index in [9.17, 15) is 13.6 Å². The summed E-state index contributed by atoms with van der Waals surface area (Å²) in [5.74, 6) is -3.80. The van der Waals surface area contributed by atoms with Crippen molar-refractivity contribution in [2.24, 2.45) is 5.92 Å². The molecular weight excluding hydrogens is 212 g/mol. The maximum absolute atomic E-state index is 12.9. The molecule has 0 saturated heterocycles. The first kappa shape index (κ1) is 13.1. The molecule has 0 aliphatic carbocycles. The molecule has 0 saturated carbocycles. The number of Topliss-reactive ketones (excluding diaryl/α,β-unsaturated/α-hetero) is 1. The van der Waals surface area contributed by atoms with Crippen molar-refractivity contribution in [2.75, 3.05) is 13.1 Å². The highest BCUT2D eigenvalue weighted by Gasteiger charge is 2.35. The third-order valence-electron chi connectivity index (χ3n) is 2.52. The first-order valence-electron chi connectivity index (χ1n) is 5.68. The van der Waals surface area contributed by atoms with Crippen LogP contribution in [0.5, 0.6) is 0 Å². The molecule has 2 nitrogen and oxygen atoms in total. The Morgan fingerprint density at radius 3 is 2.69 bits per heavy atom. The zero-order valence-electron chi connectivity index (χ0n) is 10.1. The van der Waals surface area contributed by atoms with Crippen LogP contribution in [0.4, 0.5) is 8.78 Å². The number of hydrogen-bond acceptors (Lipinski definition) is 2. The van der Waals surface area contributed by atoms with E-state index in [1.165, 1.54) is 0 Å². The molecule has 92 valence electrons. The molecule has 0 aromatic rings. The molecule has 16 heavy (non-hydrogen) atoms. The van der Waals surface area contributed by atoms with Crippen LogP contribution >= 0.6 is 0 Å². The second kappa shape index (κ2) is 4.93. The molecule has 1 aliphatic heterocycles. The fourth-order valence-electron chi connectivity index (χ4n) is 1.89. The van der Waals surface area contributed by atoms with Gasteiger partial charge < -0.3 is 4.90 Å². The molecule has 1 aliphatic rings. The molecule has 0 atom stereocenters. The monoisotopic (exact) mass is 231 g/mol. The lowest BCUT2D eigenvalue weighted by Gasteiger charge is -2.28. The van der Waals surface area contributed by atoms with Gasteiger partial charge in [0.2, 0.25) is 5.78 Å². The molecule has 0 bridgehead atoms. The highest BCUT2D eigenvalue weighted by molar-refractivity contribution is 6.00. The fraction of sp³-hybridized carbons (Fsp3) is 0.750. The molecule has 0 amide bonds. The summed E-state index contributed by atoms with van der Waals surface area (Å²) in [6, 6.07) is 0. The maximum atomic E-state index is 12.9. The van der Waals surface area contributed by atoms with E-state index in [1.807, 2.05) is 4.90 Å². The van der Waals surface area contributed by atoms with E-state index in [2.05, 4.69) is 13.8 Å². The van der Waals surface area contributed by atoms with Crippen LogP contribution in [0.25, 0.3) is 0 Å². The van der Waals surface area contributed by atoms with Gasteiger partial charge in [0, 0.05) is 31.8 Å². The largest absolute Gasteiger partial charge is 0.377 e. The van der Waals surface area contributed by atoms with Crippen molar-refractivity contribution in [3.8, 4) is 0 Å². The summed E-state index contributed by atoms with van der Waals surface area (Å²) in [4.78, 5) is 13.4. The van der Waals surface area contributed by atoms with Gasteiger partial charge >= 0.3 is 5.92 Å². The number of halogens is 2. The molecular formula is C12H19F2NO. The molecule has 0 unspecified atom stereocenters. The maximum Gasteiger partial charge on any atom is 0.306 e. The van der Waals surface area contributed by atoms with Gasteiger partial charge in [0.05, 0.1) is 0 Å². The van der Waals surface area contributed by atoms with Gasteiger partial charge in [0.1, 0.15) is 0 Å². The number of nitrogens with zero attached hydrogens (tertiary/aromatic N) is 1. The second-order valence-electron chi connectivity index (χ2n) is 4.86. The van der Waals surface area contributed by atoms with E-state index in [4.69, 9.17) is 0 Å². The molecule has 1 heterocycles. The highest BCUT2D eigenvalue weighted by Crippen LogP contribution is 2.24. The van der Waals surface area contributed by atoms with E-state index < -0.39 is 11.7 Å². The SMILES string of the molecule is CC(C)CN1C=C(C(=O)C(C)(F)F)CCC1. The number of rotatable bonds is 4. The summed E-state index contributed by atoms with van der Waals surface area (Å²) >= 11 is 0. The van der Waals surface area contributed by atoms with Crippen LogP contribution in [0, 0.1) is 5.92 Å². The van der Waals surface area contributed by atoms with E-state index in [-0.39, 0.29) is 5.57 Å². The molecule has 0 N–H and O–H groups in total. The van der Waals surface area contributed by atoms with Gasteiger partial charge in [-0.3, -0.25) is 4.79 Å². The molecule has 0 fully saturated rings. The smallest absolute Gasteiger partial charge is 0.306 e. The van der Waals surface area contributed by atoms with Crippen LogP contribution in [0.15, 0.2) is 11.8 Å². The average Bonchev–Trinajstić information content (AvgIpc) is 2.14. The Hall–Kier alpha value is -0.930. The van der Waals surface area contributed by atoms with Gasteiger partial charge in [-0.25, -0.2) is 0 Å². The zero-order valence-corrected chi connectivity index (χ0v) is 10.1. The summed E-state index contributed by atoms with van der Waals surface area (Å²) in [6.45, 7) is 6.46. The predicted octanol–water partition coefficient (Wildman–Crippen LogP) is 2.85. The van der Waals surface area contributed by atoms with Gasteiger partial charge in [0.15, 0.2) is 0 Å². The summed E-state index contributed by atoms with van der Waals surface area (Å²) < 4.78 is 25.8. The van der Waals surface area contributed by atoms with Gasteiger partial charge in [0.25, 0.3) is 0 Å². The highest BCUT2D eigenvalue weighted by atomic mass is 19.3. The van der Waals surface area contributed by atoms with E-state index in [0.29, 0.717) is 19.3 Å². The van der Waals surface area contributed by atoms with Gasteiger partial charge in [-0.05, 0) is 18.8 Å². The lowest BCUT2D eigenvalue weighted by molar-refractivity contribution is -0.136. The Kier molecular flexibility index (Phi) is 4.05. The van der Waals surface area contributed by atoms with Gasteiger partial charge in [-0.15, -0.1) is 0 Å². The Morgan fingerprint density at radius 2 is 2.19 bits per heavy atom. The first-order valence-corrected chi connectivity index (χ1v) is 5.68. The van der Waals surface area contributed by atoms with E-state index >= 15 is 0 Å². The minimum Gasteiger partial charge on any atom is -0.377 e. The van der Waals surface area contributed by atoms with Crippen molar-refractivity contribution >= 4 is 5.78 Å². The van der Waals surface area contributed by atoms with Crippen LogP contribution in [0.2, 0.25) is 0 Å².